The van der Waals surface area contributed by atoms with Crippen molar-refractivity contribution in [1.29, 1.82) is 0 Å². The average Bonchev–Trinajstić information content (AvgIpc) is 4.09. The number of hydrogen-bond donors (Lipinski definition) is 0. The zero-order valence-corrected chi connectivity index (χ0v) is 40.4. The summed E-state index contributed by atoms with van der Waals surface area (Å²) < 4.78 is 5.07. The molecule has 2 aromatic heterocycles. The fourth-order valence-electron chi connectivity index (χ4n) is 12.5. The van der Waals surface area contributed by atoms with E-state index >= 15 is 0 Å². The molecule has 0 saturated carbocycles. The molecule has 0 unspecified atom stereocenters. The lowest BCUT2D eigenvalue weighted by Crippen LogP contribution is -2.16. The SMILES string of the molecule is CC1(C)c2ccccc2-c2ccc(N(c3ccc(-c4ccccc4)cc3)c3ccc(-n4c5ccc(-c6ccccc6)cc5c5ccc6c(c7c(n6-c6ccccc6)-c6ccccc6C7(C)C)c54)cc3)cc21. The Labute approximate surface area is 415 Å². The van der Waals surface area contributed by atoms with E-state index in [1.54, 1.807) is 0 Å². The highest BCUT2D eigenvalue weighted by Crippen LogP contribution is 2.56. The van der Waals surface area contributed by atoms with Gasteiger partial charge in [0.2, 0.25) is 0 Å². The summed E-state index contributed by atoms with van der Waals surface area (Å²) in [6, 6.07) is 87.6. The molecule has 12 aromatic rings. The summed E-state index contributed by atoms with van der Waals surface area (Å²) in [5.74, 6) is 0. The molecule has 0 aliphatic heterocycles. The Balaban J connectivity index is 1.00. The monoisotopic (exact) mass is 909 g/mol. The van der Waals surface area contributed by atoms with Gasteiger partial charge in [0.15, 0.2) is 0 Å². The summed E-state index contributed by atoms with van der Waals surface area (Å²) in [4.78, 5) is 2.43. The van der Waals surface area contributed by atoms with Gasteiger partial charge >= 0.3 is 0 Å². The van der Waals surface area contributed by atoms with Crippen molar-refractivity contribution < 1.29 is 0 Å². The summed E-state index contributed by atoms with van der Waals surface area (Å²) in [6.45, 7) is 9.56. The van der Waals surface area contributed by atoms with Crippen molar-refractivity contribution in [2.75, 3.05) is 4.90 Å². The first-order valence-corrected chi connectivity index (χ1v) is 24.9. The minimum atomic E-state index is -0.249. The van der Waals surface area contributed by atoms with Crippen LogP contribution in [0, 0.1) is 0 Å². The van der Waals surface area contributed by atoms with Crippen molar-refractivity contribution >= 4 is 49.8 Å². The van der Waals surface area contributed by atoms with Gasteiger partial charge in [0.05, 0.1) is 22.2 Å². The number of aromatic nitrogens is 2. The van der Waals surface area contributed by atoms with Gasteiger partial charge in [-0.15, -0.1) is 0 Å². The lowest BCUT2D eigenvalue weighted by Gasteiger charge is -2.28. The summed E-state index contributed by atoms with van der Waals surface area (Å²) in [5, 5.41) is 3.78. The number of benzene rings is 10. The Bertz CT molecular complexity index is 4060. The van der Waals surface area contributed by atoms with Crippen LogP contribution in [0.1, 0.15) is 49.9 Å². The van der Waals surface area contributed by atoms with E-state index in [9.17, 15) is 0 Å². The van der Waals surface area contributed by atoms with Crippen LogP contribution in [0.4, 0.5) is 17.1 Å². The maximum absolute atomic E-state index is 2.55. The van der Waals surface area contributed by atoms with Crippen LogP contribution in [0.3, 0.4) is 0 Å². The maximum Gasteiger partial charge on any atom is 0.0638 e. The van der Waals surface area contributed by atoms with Gasteiger partial charge in [-0.05, 0) is 134 Å². The number of rotatable bonds is 7. The molecular formula is C68H51N3. The number of hydrogen-bond acceptors (Lipinski definition) is 1. The molecule has 0 spiro atoms. The summed E-state index contributed by atoms with van der Waals surface area (Å²) >= 11 is 0. The second-order valence-corrected chi connectivity index (χ2v) is 20.5. The number of para-hydroxylation sites is 1. The van der Waals surface area contributed by atoms with E-state index in [1.165, 1.54) is 105 Å². The van der Waals surface area contributed by atoms with Crippen molar-refractivity contribution in [3.63, 3.8) is 0 Å². The van der Waals surface area contributed by atoms with Crippen molar-refractivity contribution in [1.82, 2.24) is 9.13 Å². The Morgan fingerprint density at radius 2 is 0.845 bits per heavy atom. The molecule has 0 bridgehead atoms. The van der Waals surface area contributed by atoms with Crippen LogP contribution >= 0.6 is 0 Å². The molecule has 10 aromatic carbocycles. The molecule has 0 atom stereocenters. The van der Waals surface area contributed by atoms with E-state index in [0.29, 0.717) is 0 Å². The third-order valence-electron chi connectivity index (χ3n) is 15.9. The normalized spacial score (nSPS) is 13.9. The lowest BCUT2D eigenvalue weighted by atomic mass is 9.81. The van der Waals surface area contributed by atoms with E-state index in [2.05, 4.69) is 278 Å². The van der Waals surface area contributed by atoms with Crippen molar-refractivity contribution in [3.05, 3.63) is 259 Å². The van der Waals surface area contributed by atoms with Gasteiger partial charge in [-0.2, -0.15) is 0 Å². The number of nitrogens with zero attached hydrogens (tertiary/aromatic N) is 3. The standard InChI is InChI=1S/C68H51N3/c1-67(2)58-26-16-14-24-53(58)54-38-37-52(43-60(54)67)69(49-31-28-46(29-32-49)44-18-8-5-9-19-44)50-33-35-51(36-34-50)70-61-40-30-47(45-20-10-6-11-21-45)42-57(61)55-39-41-62-63(65(55)70)64-66(71(62)48-22-12-7-13-23-48)56-25-15-17-27-59(56)68(64,3)4/h5-43H,1-4H3. The smallest absolute Gasteiger partial charge is 0.0638 e. The maximum atomic E-state index is 2.55. The molecule has 14 rings (SSSR count). The predicted octanol–water partition coefficient (Wildman–Crippen LogP) is 18.1. The van der Waals surface area contributed by atoms with Crippen LogP contribution in [0.2, 0.25) is 0 Å². The van der Waals surface area contributed by atoms with Crippen LogP contribution in [-0.2, 0) is 10.8 Å². The fourth-order valence-corrected chi connectivity index (χ4v) is 12.5. The van der Waals surface area contributed by atoms with Gasteiger partial charge in [0.1, 0.15) is 0 Å². The van der Waals surface area contributed by atoms with E-state index in [0.717, 1.165) is 22.7 Å². The molecule has 2 heterocycles. The lowest BCUT2D eigenvalue weighted by molar-refractivity contribution is 0.660. The van der Waals surface area contributed by atoms with Gasteiger partial charge in [-0.1, -0.05) is 185 Å². The van der Waals surface area contributed by atoms with Gasteiger partial charge in [-0.3, -0.25) is 0 Å². The van der Waals surface area contributed by atoms with Crippen LogP contribution in [0.15, 0.2) is 237 Å². The molecule has 3 heteroatoms. The highest BCUT2D eigenvalue weighted by molar-refractivity contribution is 6.22. The van der Waals surface area contributed by atoms with Crippen LogP contribution in [-0.4, -0.2) is 9.13 Å². The first-order valence-electron chi connectivity index (χ1n) is 24.9. The summed E-state index contributed by atoms with van der Waals surface area (Å²) in [7, 11) is 0. The van der Waals surface area contributed by atoms with Crippen molar-refractivity contribution in [2.24, 2.45) is 0 Å². The minimum absolute atomic E-state index is 0.132. The van der Waals surface area contributed by atoms with E-state index in [4.69, 9.17) is 0 Å². The zero-order valence-electron chi connectivity index (χ0n) is 40.4. The van der Waals surface area contributed by atoms with Gasteiger partial charge in [0.25, 0.3) is 0 Å². The molecule has 0 fully saturated rings. The molecule has 0 radical (unpaired) electrons. The summed E-state index contributed by atoms with van der Waals surface area (Å²) in [5.41, 5.74) is 24.4. The number of fused-ring (bicyclic) bond motifs is 12. The topological polar surface area (TPSA) is 13.1 Å². The molecule has 2 aliphatic rings. The molecule has 3 nitrogen and oxygen atoms in total. The fraction of sp³-hybridized carbons (Fsp3) is 0.0882. The van der Waals surface area contributed by atoms with Crippen molar-refractivity contribution in [3.8, 4) is 56.0 Å². The first-order chi connectivity index (χ1) is 34.8. The Hall–Kier alpha value is -8.66. The van der Waals surface area contributed by atoms with Gasteiger partial charge < -0.3 is 14.0 Å². The second-order valence-electron chi connectivity index (χ2n) is 20.5. The third-order valence-corrected chi connectivity index (χ3v) is 15.9. The largest absolute Gasteiger partial charge is 0.310 e. The molecule has 338 valence electrons. The van der Waals surface area contributed by atoms with E-state index in [-0.39, 0.29) is 10.8 Å². The predicted molar refractivity (Wildman–Crippen MR) is 298 cm³/mol. The second kappa shape index (κ2) is 15.4. The quantitative estimate of drug-likeness (QED) is 0.155. The van der Waals surface area contributed by atoms with Gasteiger partial charge in [0, 0.05) is 61.0 Å². The average molecular weight is 910 g/mol. The Morgan fingerprint density at radius 1 is 0.338 bits per heavy atom. The Kier molecular flexibility index (Phi) is 8.98. The zero-order chi connectivity index (χ0) is 47.6. The van der Waals surface area contributed by atoms with E-state index in [1.807, 2.05) is 0 Å². The Morgan fingerprint density at radius 3 is 1.54 bits per heavy atom. The molecule has 2 aliphatic carbocycles. The number of anilines is 3. The van der Waals surface area contributed by atoms with Crippen molar-refractivity contribution in [2.45, 2.75) is 38.5 Å². The molecule has 0 amide bonds. The summed E-state index contributed by atoms with van der Waals surface area (Å²) in [6.07, 6.45) is 0. The van der Waals surface area contributed by atoms with Crippen LogP contribution < -0.4 is 4.90 Å². The third kappa shape index (κ3) is 6.09. The molecule has 71 heavy (non-hydrogen) atoms. The molecule has 0 N–H and O–H groups in total. The van der Waals surface area contributed by atoms with E-state index < -0.39 is 0 Å². The van der Waals surface area contributed by atoms with Crippen LogP contribution in [0.25, 0.3) is 88.7 Å². The highest BCUT2D eigenvalue weighted by atomic mass is 15.1. The highest BCUT2D eigenvalue weighted by Gasteiger charge is 2.42. The van der Waals surface area contributed by atoms with Crippen LogP contribution in [0.5, 0.6) is 0 Å². The minimum Gasteiger partial charge on any atom is -0.310 e. The first kappa shape index (κ1) is 41.3. The molecule has 0 saturated heterocycles. The van der Waals surface area contributed by atoms with Gasteiger partial charge in [-0.25, -0.2) is 0 Å². The molecular weight excluding hydrogens is 859 g/mol.